The summed E-state index contributed by atoms with van der Waals surface area (Å²) in [6.45, 7) is 6.29. The van der Waals surface area contributed by atoms with E-state index in [0.717, 1.165) is 19.5 Å². The number of nitrogens with one attached hydrogen (secondary N) is 1. The lowest BCUT2D eigenvalue weighted by molar-refractivity contribution is -0.248. The first-order valence-electron chi connectivity index (χ1n) is 14.8. The van der Waals surface area contributed by atoms with E-state index >= 15 is 0 Å². The van der Waals surface area contributed by atoms with E-state index in [1.165, 1.54) is 4.90 Å². The lowest BCUT2D eigenvalue weighted by atomic mass is 9.67. The summed E-state index contributed by atoms with van der Waals surface area (Å²) in [4.78, 5) is 41.7. The summed E-state index contributed by atoms with van der Waals surface area (Å²) in [5, 5.41) is 3.13. The molecule has 2 aliphatic heterocycles. The van der Waals surface area contributed by atoms with Crippen LogP contribution in [0.4, 0.5) is 18.9 Å². The molecule has 0 bridgehead atoms. The van der Waals surface area contributed by atoms with Crippen LogP contribution in [0.1, 0.15) is 56.4 Å². The number of piperazine rings is 1. The number of rotatable bonds is 8. The Kier molecular flexibility index (Phi) is 8.63. The highest BCUT2D eigenvalue weighted by Crippen LogP contribution is 2.54. The zero-order valence-electron chi connectivity index (χ0n) is 24.4. The molecule has 42 heavy (non-hydrogen) atoms. The van der Waals surface area contributed by atoms with Crippen LogP contribution < -0.4 is 15.0 Å². The number of hydrogen-bond donors (Lipinski definition) is 1. The van der Waals surface area contributed by atoms with Crippen molar-refractivity contribution < 1.29 is 27.5 Å². The first-order chi connectivity index (χ1) is 20.1. The van der Waals surface area contributed by atoms with Crippen molar-refractivity contribution >= 4 is 17.5 Å². The maximum atomic E-state index is 14.0. The number of alkyl halides is 3. The number of likely N-dealkylation sites (N-methyl/N-ethyl adjacent to an activating group) is 1. The summed E-state index contributed by atoms with van der Waals surface area (Å²) in [6.07, 6.45) is 0.200. The van der Waals surface area contributed by atoms with Crippen LogP contribution in [-0.2, 0) is 4.79 Å². The van der Waals surface area contributed by atoms with E-state index in [1.807, 2.05) is 31.9 Å². The van der Waals surface area contributed by atoms with Crippen molar-refractivity contribution in [2.24, 2.45) is 5.41 Å². The van der Waals surface area contributed by atoms with Crippen molar-refractivity contribution in [3.8, 4) is 17.0 Å². The zero-order valence-corrected chi connectivity index (χ0v) is 24.4. The van der Waals surface area contributed by atoms with Gasteiger partial charge in [-0.15, -0.1) is 0 Å². The van der Waals surface area contributed by atoms with E-state index in [9.17, 15) is 22.8 Å². The number of anilines is 1. The van der Waals surface area contributed by atoms with Gasteiger partial charge in [0.1, 0.15) is 16.9 Å². The third-order valence-corrected chi connectivity index (χ3v) is 8.85. The summed E-state index contributed by atoms with van der Waals surface area (Å²) >= 11 is 0. The monoisotopic (exact) mass is 588 g/mol. The molecule has 3 fully saturated rings. The van der Waals surface area contributed by atoms with Gasteiger partial charge in [-0.1, -0.05) is 13.3 Å². The van der Waals surface area contributed by atoms with E-state index < -0.39 is 17.5 Å². The highest BCUT2D eigenvalue weighted by Gasteiger charge is 2.64. The van der Waals surface area contributed by atoms with Crippen LogP contribution in [0, 0.1) is 5.41 Å². The summed E-state index contributed by atoms with van der Waals surface area (Å²) < 4.78 is 47.9. The van der Waals surface area contributed by atoms with Gasteiger partial charge in [0.15, 0.2) is 5.69 Å². The average Bonchev–Trinajstić information content (AvgIpc) is 3.35. The topological polar surface area (TPSA) is 90.9 Å². The Labute approximate surface area is 244 Å². The molecule has 1 saturated carbocycles. The van der Waals surface area contributed by atoms with Crippen LogP contribution in [0.3, 0.4) is 0 Å². The zero-order chi connectivity index (χ0) is 30.1. The second-order valence-electron chi connectivity index (χ2n) is 11.5. The Balaban J connectivity index is 1.50. The molecular weight excluding hydrogens is 549 g/mol. The summed E-state index contributed by atoms with van der Waals surface area (Å²) in [5.41, 5.74) is -0.329. The van der Waals surface area contributed by atoms with Crippen LogP contribution in [0.2, 0.25) is 0 Å². The number of carbonyl (C=O) groups is 2. The van der Waals surface area contributed by atoms with Crippen molar-refractivity contribution in [3.05, 3.63) is 36.3 Å². The number of hydrogen-bond acceptors (Lipinski definition) is 7. The van der Waals surface area contributed by atoms with Gasteiger partial charge in [-0.05, 0) is 58.3 Å². The Hall–Kier alpha value is -3.41. The molecule has 9 nitrogen and oxygen atoms in total. The van der Waals surface area contributed by atoms with Crippen LogP contribution in [0.15, 0.2) is 30.6 Å². The minimum atomic E-state index is -4.57. The van der Waals surface area contributed by atoms with Crippen LogP contribution >= 0.6 is 0 Å². The largest absolute Gasteiger partial charge is 0.492 e. The van der Waals surface area contributed by atoms with Gasteiger partial charge in [0.25, 0.3) is 5.91 Å². The molecule has 0 unspecified atom stereocenters. The van der Waals surface area contributed by atoms with Gasteiger partial charge in [0, 0.05) is 62.3 Å². The van der Waals surface area contributed by atoms with Gasteiger partial charge in [-0.2, -0.15) is 13.2 Å². The molecule has 3 aliphatic rings. The smallest absolute Gasteiger partial charge is 0.403 e. The molecule has 12 heteroatoms. The number of ether oxygens (including phenoxy) is 1. The maximum Gasteiger partial charge on any atom is 0.403 e. The first kappa shape index (κ1) is 30.1. The number of carbonyl (C=O) groups excluding carboxylic acids is 2. The molecule has 0 aromatic carbocycles. The van der Waals surface area contributed by atoms with Crippen molar-refractivity contribution in [2.45, 2.75) is 64.2 Å². The van der Waals surface area contributed by atoms with E-state index in [1.54, 1.807) is 24.5 Å². The normalized spacial score (nSPS) is 22.5. The highest BCUT2D eigenvalue weighted by atomic mass is 19.4. The van der Waals surface area contributed by atoms with Gasteiger partial charge < -0.3 is 24.8 Å². The average molecular weight is 589 g/mol. The van der Waals surface area contributed by atoms with Gasteiger partial charge in [-0.25, -0.2) is 4.98 Å². The highest BCUT2D eigenvalue weighted by molar-refractivity contribution is 5.99. The number of pyridine rings is 2. The minimum Gasteiger partial charge on any atom is -0.492 e. The molecule has 5 rings (SSSR count). The standard InChI is InChI=1S/C30H39F3N6O3/c1-4-22-19-38(28(41)29(10-7-11-29)30(31,32)33)14-15-39(22)23-16-24(42-5-2)25(20-8-6-12-34-17-20)36-26(23)27(40)35-21-9-13-37(3)18-21/h6,8,12,16-17,21-22H,4-5,7,9-11,13-15,18-19H2,1-3H3,(H,35,40)/t21-,22-/m1/s1. The molecule has 1 N–H and O–H groups in total. The fraction of sp³-hybridized carbons (Fsp3) is 0.600. The summed E-state index contributed by atoms with van der Waals surface area (Å²) in [5.74, 6) is -0.670. The van der Waals surface area contributed by atoms with E-state index in [2.05, 4.69) is 15.2 Å². The van der Waals surface area contributed by atoms with Crippen molar-refractivity contribution in [3.63, 3.8) is 0 Å². The predicted octanol–water partition coefficient (Wildman–Crippen LogP) is 4.14. The molecule has 0 radical (unpaired) electrons. The Morgan fingerprint density at radius 1 is 1.17 bits per heavy atom. The summed E-state index contributed by atoms with van der Waals surface area (Å²) in [7, 11) is 2.01. The lowest BCUT2D eigenvalue weighted by Crippen LogP contribution is -2.62. The third-order valence-electron chi connectivity index (χ3n) is 8.85. The molecule has 2 aromatic heterocycles. The molecule has 2 amide bonds. The number of likely N-dealkylation sites (tertiary alicyclic amines) is 1. The van der Waals surface area contributed by atoms with Gasteiger partial charge in [0.05, 0.1) is 12.3 Å². The Morgan fingerprint density at radius 3 is 2.52 bits per heavy atom. The first-order valence-corrected chi connectivity index (χ1v) is 14.8. The van der Waals surface area contributed by atoms with Gasteiger partial charge in [-0.3, -0.25) is 14.6 Å². The van der Waals surface area contributed by atoms with Crippen molar-refractivity contribution in [2.75, 3.05) is 51.3 Å². The van der Waals surface area contributed by atoms with Crippen LogP contribution in [0.5, 0.6) is 5.75 Å². The van der Waals surface area contributed by atoms with E-state index in [0.29, 0.717) is 42.1 Å². The predicted molar refractivity (Wildman–Crippen MR) is 152 cm³/mol. The SMILES string of the molecule is CCOc1cc(N2CCN(C(=O)C3(C(F)(F)F)CCC3)C[C@H]2CC)c(C(=O)N[C@@H]2CCN(C)C2)nc1-c1cccnc1. The van der Waals surface area contributed by atoms with Gasteiger partial charge in [0.2, 0.25) is 5.91 Å². The number of amides is 2. The van der Waals surface area contributed by atoms with E-state index in [4.69, 9.17) is 9.72 Å². The lowest BCUT2D eigenvalue weighted by Gasteiger charge is -2.48. The minimum absolute atomic E-state index is 0.0250. The fourth-order valence-electron chi connectivity index (χ4n) is 6.31. The molecule has 4 heterocycles. The van der Waals surface area contributed by atoms with Crippen LogP contribution in [-0.4, -0.2) is 96.2 Å². The Bertz CT molecular complexity index is 1290. The second-order valence-corrected chi connectivity index (χ2v) is 11.5. The van der Waals surface area contributed by atoms with Crippen molar-refractivity contribution in [1.82, 2.24) is 25.1 Å². The van der Waals surface area contributed by atoms with E-state index in [-0.39, 0.29) is 56.2 Å². The molecule has 0 spiro atoms. The maximum absolute atomic E-state index is 14.0. The molecular formula is C30H39F3N6O3. The number of nitrogens with zero attached hydrogens (tertiary/aromatic N) is 5. The molecule has 228 valence electrons. The Morgan fingerprint density at radius 2 is 1.95 bits per heavy atom. The summed E-state index contributed by atoms with van der Waals surface area (Å²) in [6, 6.07) is 5.10. The molecule has 2 saturated heterocycles. The van der Waals surface area contributed by atoms with Gasteiger partial charge >= 0.3 is 6.18 Å². The van der Waals surface area contributed by atoms with Crippen molar-refractivity contribution in [1.29, 1.82) is 0 Å². The molecule has 1 aliphatic carbocycles. The number of halogens is 3. The quantitative estimate of drug-likeness (QED) is 0.496. The number of aromatic nitrogens is 2. The third kappa shape index (κ3) is 5.65. The fourth-order valence-corrected chi connectivity index (χ4v) is 6.31. The second kappa shape index (κ2) is 12.1. The molecule has 2 atom stereocenters. The molecule has 2 aromatic rings. The van der Waals surface area contributed by atoms with Crippen LogP contribution in [0.25, 0.3) is 11.3 Å².